The monoisotopic (exact) mass is 270 g/mol. The van der Waals surface area contributed by atoms with Gasteiger partial charge < -0.3 is 10.6 Å². The summed E-state index contributed by atoms with van der Waals surface area (Å²) in [6, 6.07) is 0. The van der Waals surface area contributed by atoms with Crippen molar-refractivity contribution in [1.82, 2.24) is 10.6 Å². The smallest absolute Gasteiger partial charge is 0.233 e. The lowest BCUT2D eigenvalue weighted by Gasteiger charge is -2.08. The molecule has 0 aliphatic heterocycles. The Hall–Kier alpha value is -0.570. The van der Waals surface area contributed by atoms with E-state index in [0.29, 0.717) is 12.5 Å². The van der Waals surface area contributed by atoms with E-state index in [4.69, 9.17) is 0 Å². The van der Waals surface area contributed by atoms with Crippen LogP contribution in [0.4, 0.5) is 0 Å². The number of hydrogen-bond acceptors (Lipinski definition) is 2. The van der Waals surface area contributed by atoms with Gasteiger partial charge in [0.25, 0.3) is 0 Å². The van der Waals surface area contributed by atoms with Crippen molar-refractivity contribution < 1.29 is 4.79 Å². The quantitative estimate of drug-likeness (QED) is 0.503. The fourth-order valence-electron chi connectivity index (χ4n) is 1.97. The van der Waals surface area contributed by atoms with Gasteiger partial charge in [0.15, 0.2) is 0 Å². The van der Waals surface area contributed by atoms with Crippen LogP contribution >= 0.6 is 0 Å². The first-order chi connectivity index (χ1) is 9.16. The van der Waals surface area contributed by atoms with E-state index in [9.17, 15) is 4.79 Å². The third kappa shape index (κ3) is 15.4. The summed E-state index contributed by atoms with van der Waals surface area (Å²) in [6.45, 7) is 8.66. The summed E-state index contributed by atoms with van der Waals surface area (Å²) in [6.07, 6.45) is 10.7. The summed E-state index contributed by atoms with van der Waals surface area (Å²) in [5, 5.41) is 6.12. The molecule has 0 aromatic heterocycles. The van der Waals surface area contributed by atoms with Crippen LogP contribution in [0.1, 0.15) is 72.1 Å². The number of rotatable bonds is 13. The van der Waals surface area contributed by atoms with Crippen LogP contribution < -0.4 is 10.6 Å². The normalized spacial score (nSPS) is 10.9. The highest BCUT2D eigenvalue weighted by Gasteiger charge is 2.00. The summed E-state index contributed by atoms with van der Waals surface area (Å²) in [5.41, 5.74) is 0. The van der Waals surface area contributed by atoms with Crippen molar-refractivity contribution in [2.24, 2.45) is 5.92 Å². The minimum atomic E-state index is 0.119. The van der Waals surface area contributed by atoms with Crippen molar-refractivity contribution in [3.63, 3.8) is 0 Å². The average molecular weight is 270 g/mol. The summed E-state index contributed by atoms with van der Waals surface area (Å²) in [4.78, 5) is 11.4. The first-order valence-electron chi connectivity index (χ1n) is 8.14. The van der Waals surface area contributed by atoms with Crippen molar-refractivity contribution in [3.8, 4) is 0 Å². The Morgan fingerprint density at radius 3 is 2.11 bits per heavy atom. The van der Waals surface area contributed by atoms with Gasteiger partial charge in [0.05, 0.1) is 6.54 Å². The van der Waals surface area contributed by atoms with Crippen LogP contribution in [0.3, 0.4) is 0 Å². The van der Waals surface area contributed by atoms with Gasteiger partial charge in [0.1, 0.15) is 0 Å². The Bertz CT molecular complexity index is 205. The molecule has 0 bridgehead atoms. The molecule has 1 amide bonds. The first-order valence-corrected chi connectivity index (χ1v) is 8.14. The minimum absolute atomic E-state index is 0.119. The van der Waals surface area contributed by atoms with Crippen molar-refractivity contribution in [1.29, 1.82) is 0 Å². The predicted octanol–water partition coefficient (Wildman–Crippen LogP) is 3.49. The Labute approximate surface area is 119 Å². The van der Waals surface area contributed by atoms with Gasteiger partial charge in [0.2, 0.25) is 5.91 Å². The van der Waals surface area contributed by atoms with Crippen LogP contribution in [0.15, 0.2) is 0 Å². The van der Waals surface area contributed by atoms with Gasteiger partial charge in [0, 0.05) is 6.54 Å². The molecule has 19 heavy (non-hydrogen) atoms. The third-order valence-electron chi connectivity index (χ3n) is 3.20. The lowest BCUT2D eigenvalue weighted by Crippen LogP contribution is -2.36. The molecule has 0 aromatic carbocycles. The van der Waals surface area contributed by atoms with E-state index in [-0.39, 0.29) is 5.91 Å². The van der Waals surface area contributed by atoms with E-state index < -0.39 is 0 Å². The summed E-state index contributed by atoms with van der Waals surface area (Å²) in [5.74, 6) is 0.643. The van der Waals surface area contributed by atoms with E-state index >= 15 is 0 Å². The summed E-state index contributed by atoms with van der Waals surface area (Å²) >= 11 is 0. The largest absolute Gasteiger partial charge is 0.355 e. The van der Waals surface area contributed by atoms with Crippen molar-refractivity contribution in [3.05, 3.63) is 0 Å². The topological polar surface area (TPSA) is 41.1 Å². The molecular weight excluding hydrogens is 236 g/mol. The standard InChI is InChI=1S/C16H34N2O/c1-4-5-6-7-8-9-10-11-12-17-14-16(19)18-13-15(2)3/h15,17H,4-14H2,1-3H3,(H,18,19). The number of unbranched alkanes of at least 4 members (excludes halogenated alkanes) is 7. The molecule has 0 fully saturated rings. The van der Waals surface area contributed by atoms with E-state index in [2.05, 4.69) is 31.4 Å². The highest BCUT2D eigenvalue weighted by molar-refractivity contribution is 5.77. The summed E-state index contributed by atoms with van der Waals surface area (Å²) in [7, 11) is 0. The van der Waals surface area contributed by atoms with E-state index in [0.717, 1.165) is 13.1 Å². The second kappa shape index (κ2) is 13.9. The van der Waals surface area contributed by atoms with Crippen molar-refractivity contribution >= 4 is 5.91 Å². The maximum absolute atomic E-state index is 11.4. The van der Waals surface area contributed by atoms with Crippen LogP contribution in [0.25, 0.3) is 0 Å². The van der Waals surface area contributed by atoms with Crippen molar-refractivity contribution in [2.75, 3.05) is 19.6 Å². The van der Waals surface area contributed by atoms with Crippen LogP contribution in [-0.2, 0) is 4.79 Å². The van der Waals surface area contributed by atoms with E-state index in [1.807, 2.05) is 0 Å². The first kappa shape index (κ1) is 18.4. The molecule has 0 heterocycles. The molecule has 2 N–H and O–H groups in total. The number of carbonyl (C=O) groups is 1. The number of nitrogens with one attached hydrogen (secondary N) is 2. The maximum Gasteiger partial charge on any atom is 0.233 e. The van der Waals surface area contributed by atoms with Crippen LogP contribution in [0, 0.1) is 5.92 Å². The molecule has 0 aromatic rings. The lowest BCUT2D eigenvalue weighted by atomic mass is 10.1. The molecule has 0 radical (unpaired) electrons. The van der Waals surface area contributed by atoms with Gasteiger partial charge in [-0.2, -0.15) is 0 Å². The second-order valence-electron chi connectivity index (χ2n) is 5.85. The summed E-state index contributed by atoms with van der Waals surface area (Å²) < 4.78 is 0. The molecule has 0 aliphatic carbocycles. The second-order valence-corrected chi connectivity index (χ2v) is 5.85. The number of amides is 1. The fraction of sp³-hybridized carbons (Fsp3) is 0.938. The number of carbonyl (C=O) groups excluding carboxylic acids is 1. The zero-order chi connectivity index (χ0) is 14.3. The van der Waals surface area contributed by atoms with Gasteiger partial charge in [-0.25, -0.2) is 0 Å². The molecule has 0 saturated carbocycles. The van der Waals surface area contributed by atoms with Gasteiger partial charge in [-0.05, 0) is 18.9 Å². The van der Waals surface area contributed by atoms with Gasteiger partial charge >= 0.3 is 0 Å². The van der Waals surface area contributed by atoms with Crippen LogP contribution in [0.2, 0.25) is 0 Å². The molecule has 3 nitrogen and oxygen atoms in total. The highest BCUT2D eigenvalue weighted by Crippen LogP contribution is 2.07. The molecule has 0 atom stereocenters. The van der Waals surface area contributed by atoms with E-state index in [1.165, 1.54) is 51.4 Å². The molecule has 0 aliphatic rings. The molecule has 0 saturated heterocycles. The Morgan fingerprint density at radius 2 is 1.53 bits per heavy atom. The third-order valence-corrected chi connectivity index (χ3v) is 3.20. The minimum Gasteiger partial charge on any atom is -0.355 e. The van der Waals surface area contributed by atoms with Gasteiger partial charge in [-0.15, -0.1) is 0 Å². The average Bonchev–Trinajstić information content (AvgIpc) is 2.38. The molecule has 114 valence electrons. The van der Waals surface area contributed by atoms with Crippen LogP contribution in [0.5, 0.6) is 0 Å². The highest BCUT2D eigenvalue weighted by atomic mass is 16.1. The lowest BCUT2D eigenvalue weighted by molar-refractivity contribution is -0.120. The number of hydrogen-bond donors (Lipinski definition) is 2. The molecular formula is C16H34N2O. The Balaban J connectivity index is 3.11. The fourth-order valence-corrected chi connectivity index (χ4v) is 1.97. The zero-order valence-electron chi connectivity index (χ0n) is 13.3. The molecule has 3 heteroatoms. The Kier molecular flexibility index (Phi) is 13.4. The van der Waals surface area contributed by atoms with E-state index in [1.54, 1.807) is 0 Å². The molecule has 0 spiro atoms. The molecule has 0 rings (SSSR count). The predicted molar refractivity (Wildman–Crippen MR) is 83.3 cm³/mol. The van der Waals surface area contributed by atoms with Crippen LogP contribution in [-0.4, -0.2) is 25.5 Å². The maximum atomic E-state index is 11.4. The molecule has 0 unspecified atom stereocenters. The van der Waals surface area contributed by atoms with Gasteiger partial charge in [-0.1, -0.05) is 65.7 Å². The zero-order valence-corrected chi connectivity index (χ0v) is 13.3. The van der Waals surface area contributed by atoms with Crippen molar-refractivity contribution in [2.45, 2.75) is 72.1 Å². The Morgan fingerprint density at radius 1 is 0.947 bits per heavy atom. The SMILES string of the molecule is CCCCCCCCCCNCC(=O)NCC(C)C. The van der Waals surface area contributed by atoms with Gasteiger partial charge in [-0.3, -0.25) is 4.79 Å².